The van der Waals surface area contributed by atoms with Crippen LogP contribution in [0.15, 0.2) is 12.1 Å². The van der Waals surface area contributed by atoms with E-state index in [0.29, 0.717) is 0 Å². The van der Waals surface area contributed by atoms with E-state index < -0.39 is 0 Å². The van der Waals surface area contributed by atoms with E-state index in [0.717, 1.165) is 57.3 Å². The molecule has 4 nitrogen and oxygen atoms in total. The summed E-state index contributed by atoms with van der Waals surface area (Å²) in [4.78, 5) is 9.63. The first-order valence-electron chi connectivity index (χ1n) is 7.88. The summed E-state index contributed by atoms with van der Waals surface area (Å²) in [5.41, 5.74) is 2.47. The molecule has 1 saturated heterocycles. The molecular formula is C16H28N4. The second-order valence-corrected chi connectivity index (χ2v) is 5.57. The molecule has 20 heavy (non-hydrogen) atoms. The summed E-state index contributed by atoms with van der Waals surface area (Å²) in [6.07, 6.45) is 1.18. The SMILES string of the molecule is CCCNCc1cc(C)nc(N2CCN(CC)CC2)c1. The van der Waals surface area contributed by atoms with Gasteiger partial charge in [0.1, 0.15) is 5.82 Å². The van der Waals surface area contributed by atoms with Crippen molar-refractivity contribution in [2.45, 2.75) is 33.7 Å². The summed E-state index contributed by atoms with van der Waals surface area (Å²) in [6.45, 7) is 14.2. The summed E-state index contributed by atoms with van der Waals surface area (Å²) < 4.78 is 0. The lowest BCUT2D eigenvalue weighted by atomic mass is 10.2. The lowest BCUT2D eigenvalue weighted by Gasteiger charge is -2.35. The van der Waals surface area contributed by atoms with Gasteiger partial charge in [-0.05, 0) is 44.1 Å². The van der Waals surface area contributed by atoms with Gasteiger partial charge in [-0.3, -0.25) is 0 Å². The predicted octanol–water partition coefficient (Wildman–Crippen LogP) is 2.03. The average molecular weight is 276 g/mol. The minimum atomic E-state index is 0.944. The Labute approximate surface area is 123 Å². The Bertz CT molecular complexity index is 411. The van der Waals surface area contributed by atoms with E-state index in [-0.39, 0.29) is 0 Å². The topological polar surface area (TPSA) is 31.4 Å². The van der Waals surface area contributed by atoms with E-state index in [9.17, 15) is 0 Å². The zero-order valence-corrected chi connectivity index (χ0v) is 13.2. The van der Waals surface area contributed by atoms with E-state index in [1.54, 1.807) is 0 Å². The molecule has 0 aromatic carbocycles. The molecule has 1 aromatic rings. The molecule has 112 valence electrons. The Morgan fingerprint density at radius 2 is 1.90 bits per heavy atom. The molecule has 1 N–H and O–H groups in total. The number of aryl methyl sites for hydroxylation is 1. The van der Waals surface area contributed by atoms with Gasteiger partial charge < -0.3 is 15.1 Å². The Morgan fingerprint density at radius 1 is 1.15 bits per heavy atom. The molecular weight excluding hydrogens is 248 g/mol. The number of nitrogens with zero attached hydrogens (tertiary/aromatic N) is 3. The van der Waals surface area contributed by atoms with Crippen molar-refractivity contribution in [2.24, 2.45) is 0 Å². The number of aromatic nitrogens is 1. The van der Waals surface area contributed by atoms with E-state index in [4.69, 9.17) is 4.98 Å². The quantitative estimate of drug-likeness (QED) is 0.806. The fraction of sp³-hybridized carbons (Fsp3) is 0.688. The summed E-state index contributed by atoms with van der Waals surface area (Å²) in [7, 11) is 0. The lowest BCUT2D eigenvalue weighted by Crippen LogP contribution is -2.46. The monoisotopic (exact) mass is 276 g/mol. The fourth-order valence-corrected chi connectivity index (χ4v) is 2.69. The van der Waals surface area contributed by atoms with Crippen LogP contribution in [0.4, 0.5) is 5.82 Å². The van der Waals surface area contributed by atoms with Crippen molar-refractivity contribution >= 4 is 5.82 Å². The molecule has 1 fully saturated rings. The molecule has 1 aliphatic rings. The molecule has 0 aliphatic carbocycles. The summed E-state index contributed by atoms with van der Waals surface area (Å²) in [6, 6.07) is 4.44. The van der Waals surface area contributed by atoms with Crippen molar-refractivity contribution in [3.63, 3.8) is 0 Å². The van der Waals surface area contributed by atoms with Crippen molar-refractivity contribution in [3.05, 3.63) is 23.4 Å². The molecule has 1 aromatic heterocycles. The maximum absolute atomic E-state index is 4.72. The maximum Gasteiger partial charge on any atom is 0.129 e. The van der Waals surface area contributed by atoms with Crippen LogP contribution in [0.1, 0.15) is 31.5 Å². The van der Waals surface area contributed by atoms with Crippen LogP contribution in [-0.2, 0) is 6.54 Å². The molecule has 2 rings (SSSR count). The first kappa shape index (κ1) is 15.3. The molecule has 0 atom stereocenters. The van der Waals surface area contributed by atoms with Crippen molar-refractivity contribution in [1.29, 1.82) is 0 Å². The Balaban J connectivity index is 2.00. The van der Waals surface area contributed by atoms with Crippen LogP contribution in [0.5, 0.6) is 0 Å². The number of nitrogens with one attached hydrogen (secondary N) is 1. The number of anilines is 1. The standard InChI is InChI=1S/C16H28N4/c1-4-6-17-13-15-11-14(3)18-16(12-15)20-9-7-19(5-2)8-10-20/h11-12,17H,4-10,13H2,1-3H3. The Morgan fingerprint density at radius 3 is 2.55 bits per heavy atom. The average Bonchev–Trinajstić information content (AvgIpc) is 2.47. The summed E-state index contributed by atoms with van der Waals surface area (Å²) in [5, 5.41) is 3.47. The van der Waals surface area contributed by atoms with Crippen LogP contribution in [0, 0.1) is 6.92 Å². The normalized spacial score (nSPS) is 16.6. The van der Waals surface area contributed by atoms with Crippen LogP contribution in [0.2, 0.25) is 0 Å². The van der Waals surface area contributed by atoms with Gasteiger partial charge in [0.15, 0.2) is 0 Å². The van der Waals surface area contributed by atoms with Gasteiger partial charge in [-0.25, -0.2) is 4.98 Å². The molecule has 0 spiro atoms. The fourth-order valence-electron chi connectivity index (χ4n) is 2.69. The van der Waals surface area contributed by atoms with Gasteiger partial charge in [-0.15, -0.1) is 0 Å². The number of rotatable bonds is 6. The van der Waals surface area contributed by atoms with Gasteiger partial charge in [0.2, 0.25) is 0 Å². The summed E-state index contributed by atoms with van der Waals surface area (Å²) in [5.74, 6) is 1.15. The van der Waals surface area contributed by atoms with E-state index in [2.05, 4.69) is 48.0 Å². The molecule has 0 unspecified atom stereocenters. The van der Waals surface area contributed by atoms with E-state index >= 15 is 0 Å². The van der Waals surface area contributed by atoms with Gasteiger partial charge in [-0.2, -0.15) is 0 Å². The van der Waals surface area contributed by atoms with Crippen LogP contribution in [0.25, 0.3) is 0 Å². The highest BCUT2D eigenvalue weighted by Crippen LogP contribution is 2.17. The second-order valence-electron chi connectivity index (χ2n) is 5.57. The third-order valence-electron chi connectivity index (χ3n) is 3.90. The van der Waals surface area contributed by atoms with Crippen LogP contribution < -0.4 is 10.2 Å². The van der Waals surface area contributed by atoms with Crippen molar-refractivity contribution in [2.75, 3.05) is 44.2 Å². The molecule has 2 heterocycles. The van der Waals surface area contributed by atoms with Gasteiger partial charge in [0.05, 0.1) is 0 Å². The molecule has 0 amide bonds. The minimum absolute atomic E-state index is 0.944. The number of pyridine rings is 1. The van der Waals surface area contributed by atoms with Gasteiger partial charge >= 0.3 is 0 Å². The Hall–Kier alpha value is -1.13. The van der Waals surface area contributed by atoms with Gasteiger partial charge in [0, 0.05) is 38.4 Å². The van der Waals surface area contributed by atoms with Crippen molar-refractivity contribution < 1.29 is 0 Å². The van der Waals surface area contributed by atoms with Crippen LogP contribution in [0.3, 0.4) is 0 Å². The molecule has 0 radical (unpaired) electrons. The highest BCUT2D eigenvalue weighted by molar-refractivity contribution is 5.43. The molecule has 0 bridgehead atoms. The van der Waals surface area contributed by atoms with Gasteiger partial charge in [-0.1, -0.05) is 13.8 Å². The van der Waals surface area contributed by atoms with Crippen LogP contribution in [-0.4, -0.2) is 49.2 Å². The van der Waals surface area contributed by atoms with Gasteiger partial charge in [0.25, 0.3) is 0 Å². The maximum atomic E-state index is 4.72. The highest BCUT2D eigenvalue weighted by atomic mass is 15.3. The third kappa shape index (κ3) is 4.18. The van der Waals surface area contributed by atoms with Crippen molar-refractivity contribution in [1.82, 2.24) is 15.2 Å². The first-order valence-corrected chi connectivity index (χ1v) is 7.88. The lowest BCUT2D eigenvalue weighted by molar-refractivity contribution is 0.270. The minimum Gasteiger partial charge on any atom is -0.354 e. The molecule has 0 saturated carbocycles. The number of piperazine rings is 1. The zero-order valence-electron chi connectivity index (χ0n) is 13.2. The smallest absolute Gasteiger partial charge is 0.129 e. The molecule has 4 heteroatoms. The zero-order chi connectivity index (χ0) is 14.4. The van der Waals surface area contributed by atoms with Crippen molar-refractivity contribution in [3.8, 4) is 0 Å². The highest BCUT2D eigenvalue weighted by Gasteiger charge is 2.17. The summed E-state index contributed by atoms with van der Waals surface area (Å²) >= 11 is 0. The van der Waals surface area contributed by atoms with E-state index in [1.165, 1.54) is 12.0 Å². The first-order chi connectivity index (χ1) is 9.72. The second kappa shape index (κ2) is 7.60. The van der Waals surface area contributed by atoms with E-state index in [1.807, 2.05) is 0 Å². The number of hydrogen-bond acceptors (Lipinski definition) is 4. The largest absolute Gasteiger partial charge is 0.354 e. The third-order valence-corrected chi connectivity index (χ3v) is 3.90. The Kier molecular flexibility index (Phi) is 5.80. The van der Waals surface area contributed by atoms with Crippen LogP contribution >= 0.6 is 0 Å². The number of likely N-dealkylation sites (N-methyl/N-ethyl adjacent to an activating group) is 1. The predicted molar refractivity (Wildman–Crippen MR) is 85.3 cm³/mol. The number of hydrogen-bond donors (Lipinski definition) is 1. The molecule has 1 aliphatic heterocycles.